The van der Waals surface area contributed by atoms with E-state index >= 15 is 0 Å². The number of thiophene rings is 2. The van der Waals surface area contributed by atoms with Gasteiger partial charge in [-0.3, -0.25) is 65.6 Å². The van der Waals surface area contributed by atoms with Gasteiger partial charge in [-0.2, -0.15) is 51.0 Å². The number of fused-ring (bicyclic) bond motifs is 9. The number of hydrogen-bond acceptors (Lipinski definition) is 22. The van der Waals surface area contributed by atoms with Gasteiger partial charge in [0, 0.05) is 105 Å². The number of H-pyrrole nitrogens is 10. The number of halogens is 1. The summed E-state index contributed by atoms with van der Waals surface area (Å²) in [6.07, 6.45) is 8.32. The van der Waals surface area contributed by atoms with Gasteiger partial charge in [-0.1, -0.05) is 113 Å². The minimum Gasteiger partial charge on any atom is -0.454 e. The summed E-state index contributed by atoms with van der Waals surface area (Å²) >= 11 is 3.53. The summed E-state index contributed by atoms with van der Waals surface area (Å²) in [4.78, 5) is 42.5. The van der Waals surface area contributed by atoms with E-state index in [4.69, 9.17) is 18.8 Å². The highest BCUT2D eigenvalue weighted by Gasteiger charge is 2.25. The Balaban J connectivity index is 0.0000000987. The lowest BCUT2D eigenvalue weighted by molar-refractivity contribution is 0.102. The fourth-order valence-electron chi connectivity index (χ4n) is 18.1. The normalized spacial score (nSPS) is 13.0. The van der Waals surface area contributed by atoms with E-state index in [0.29, 0.717) is 40.6 Å². The van der Waals surface area contributed by atoms with E-state index in [1.165, 1.54) is 81.3 Å². The number of furan rings is 2. The number of carbonyl (C=O) groups is 1. The molecule has 11 aromatic carbocycles. The third kappa shape index (κ3) is 19.0. The first-order valence-electron chi connectivity index (χ1n) is 47.2. The highest BCUT2D eigenvalue weighted by atomic mass is 32.1. The van der Waals surface area contributed by atoms with Crippen molar-refractivity contribution in [2.75, 3.05) is 31.5 Å². The second-order valence-corrected chi connectivity index (χ2v) is 38.4. The van der Waals surface area contributed by atoms with Gasteiger partial charge < -0.3 is 14.2 Å². The lowest BCUT2D eigenvalue weighted by Crippen LogP contribution is -2.19. The lowest BCUT2D eigenvalue weighted by atomic mass is 10.0. The van der Waals surface area contributed by atoms with E-state index in [2.05, 4.69) is 257 Å². The molecule has 2 aliphatic rings. The van der Waals surface area contributed by atoms with Gasteiger partial charge in [0.25, 0.3) is 5.91 Å². The van der Waals surface area contributed by atoms with Crippen LogP contribution in [0.25, 0.3) is 209 Å². The highest BCUT2D eigenvalue weighted by molar-refractivity contribution is 7.22. The van der Waals surface area contributed by atoms with Crippen LogP contribution in [-0.4, -0.2) is 169 Å². The quantitative estimate of drug-likeness (QED) is 0.0337. The Labute approximate surface area is 817 Å². The smallest absolute Gasteiger partial charge is 0.255 e. The SMILES string of the molecule is CC(C)Cc1nc(-c2ccc3[nH]nc(-c4cc5ccccc5o4)c3c2)n[nH]1.CC(C)Cc1nc(-c2ccc3[nH]nc(-c4cc5ccccc5s4)c3c2)n[nH]1.O=C(Nc1cccc(-c2n[nH]c3ccc(-c4ncn[nH]4)cc23)c1)c1ccc(F)cc1.c1ccc2oc(-c3n[nH]c4ccc(-c5n[nH]c(CN6CCCC6)n5)cc34)cc2c1.c1ccc2sc(-c3n[nH]c4ccc(-c5n[nH]c(CN6CCCC6)n5)cc34)cc2c1. The molecule has 0 atom stereocenters. The molecule has 142 heavy (non-hydrogen) atoms. The maximum Gasteiger partial charge on any atom is 0.255 e. The molecule has 11 N–H and O–H groups in total. The van der Waals surface area contributed by atoms with Crippen molar-refractivity contribution in [1.82, 2.24) is 137 Å². The van der Waals surface area contributed by atoms with Gasteiger partial charge >= 0.3 is 0 Å². The number of rotatable bonds is 20. The first kappa shape index (κ1) is 88.7. The molecule has 0 bridgehead atoms. The van der Waals surface area contributed by atoms with Gasteiger partial charge in [0.2, 0.25) is 0 Å². The number of para-hydroxylation sites is 2. The molecule has 2 saturated heterocycles. The monoisotopic (exact) mass is 1910 g/mol. The molecular weight excluding hydrogens is 1820 g/mol. The fraction of sp³-hybridized carbons (Fsp3) is 0.167. The molecule has 1 amide bonds. The van der Waals surface area contributed by atoms with Crippen LogP contribution >= 0.6 is 22.7 Å². The van der Waals surface area contributed by atoms with E-state index in [9.17, 15) is 9.18 Å². The van der Waals surface area contributed by atoms with Crippen molar-refractivity contribution in [2.45, 2.75) is 79.3 Å². The predicted octanol–water partition coefficient (Wildman–Crippen LogP) is 24.0. The number of aromatic nitrogens is 25. The summed E-state index contributed by atoms with van der Waals surface area (Å²) in [6.45, 7) is 14.9. The molecule has 25 aromatic rings. The summed E-state index contributed by atoms with van der Waals surface area (Å²) < 4.78 is 27.6. The number of carbonyl (C=O) groups excluding carboxylic acids is 1. The Morgan fingerprint density at radius 1 is 0.366 bits per heavy atom. The third-order valence-electron chi connectivity index (χ3n) is 25.1. The minimum absolute atomic E-state index is 0.313. The van der Waals surface area contributed by atoms with Crippen molar-refractivity contribution >= 4 is 131 Å². The lowest BCUT2D eigenvalue weighted by Gasteiger charge is -2.11. The Bertz CT molecular complexity index is 8270. The number of likely N-dealkylation sites (tertiary alicyclic amines) is 2. The van der Waals surface area contributed by atoms with Crippen LogP contribution in [0.3, 0.4) is 0 Å². The van der Waals surface area contributed by atoms with Crippen molar-refractivity contribution in [2.24, 2.45) is 11.8 Å². The van der Waals surface area contributed by atoms with Crippen LogP contribution in [0.15, 0.2) is 276 Å². The molecule has 14 aromatic heterocycles. The molecule has 16 heterocycles. The predicted molar refractivity (Wildman–Crippen MR) is 555 cm³/mol. The largest absolute Gasteiger partial charge is 0.454 e. The summed E-state index contributed by atoms with van der Waals surface area (Å²) in [6, 6.07) is 84.6. The number of aromatic amines is 10. The van der Waals surface area contributed by atoms with Gasteiger partial charge in [0.1, 0.15) is 69.4 Å². The van der Waals surface area contributed by atoms with Crippen LogP contribution in [0.5, 0.6) is 0 Å². The number of nitrogens with one attached hydrogen (secondary N) is 11. The van der Waals surface area contributed by atoms with Crippen LogP contribution in [0, 0.1) is 17.7 Å². The van der Waals surface area contributed by atoms with Gasteiger partial charge in [-0.05, 0) is 250 Å². The molecular formula is C108H93FN28O3S2. The number of nitrogens with zero attached hydrogens (tertiary/aromatic N) is 17. The summed E-state index contributed by atoms with van der Waals surface area (Å²) in [5.41, 5.74) is 17.5. The average molecular weight is 1910 g/mol. The molecule has 2 aliphatic heterocycles. The Kier molecular flexibility index (Phi) is 24.4. The molecule has 31 nitrogen and oxygen atoms in total. The van der Waals surface area contributed by atoms with Crippen molar-refractivity contribution in [1.29, 1.82) is 0 Å². The Morgan fingerprint density at radius 2 is 0.754 bits per heavy atom. The van der Waals surface area contributed by atoms with Gasteiger partial charge in [-0.15, -0.1) is 22.7 Å². The molecule has 0 spiro atoms. The maximum absolute atomic E-state index is 13.1. The molecule has 2 fully saturated rings. The minimum atomic E-state index is -0.386. The second kappa shape index (κ2) is 39.0. The fourth-order valence-corrected chi connectivity index (χ4v) is 20.3. The number of anilines is 1. The van der Waals surface area contributed by atoms with Crippen LogP contribution < -0.4 is 5.32 Å². The summed E-state index contributed by atoms with van der Waals surface area (Å²) in [7, 11) is 0. The molecule has 27 rings (SSSR count). The van der Waals surface area contributed by atoms with E-state index in [0.717, 1.165) is 242 Å². The maximum atomic E-state index is 13.1. The van der Waals surface area contributed by atoms with Gasteiger partial charge in [-0.25, -0.2) is 29.3 Å². The van der Waals surface area contributed by atoms with Gasteiger partial charge in [0.05, 0.1) is 56.1 Å². The Hall–Kier alpha value is -17.2. The van der Waals surface area contributed by atoms with Gasteiger partial charge in [0.15, 0.2) is 40.6 Å². The van der Waals surface area contributed by atoms with E-state index < -0.39 is 0 Å². The van der Waals surface area contributed by atoms with Crippen LogP contribution in [0.1, 0.15) is 87.0 Å². The van der Waals surface area contributed by atoms with Crippen molar-refractivity contribution in [3.05, 3.63) is 302 Å². The zero-order chi connectivity index (χ0) is 95.7. The zero-order valence-electron chi connectivity index (χ0n) is 77.6. The Morgan fingerprint density at radius 3 is 1.18 bits per heavy atom. The molecule has 702 valence electrons. The zero-order valence-corrected chi connectivity index (χ0v) is 79.2. The molecule has 0 unspecified atom stereocenters. The summed E-state index contributed by atoms with van der Waals surface area (Å²) in [5.74, 6) is 9.09. The van der Waals surface area contributed by atoms with Crippen LogP contribution in [-0.2, 0) is 25.9 Å². The first-order valence-corrected chi connectivity index (χ1v) is 48.8. The first-order chi connectivity index (χ1) is 69.7. The van der Waals surface area contributed by atoms with Crippen molar-refractivity contribution < 1.29 is 18.0 Å². The van der Waals surface area contributed by atoms with E-state index in [1.54, 1.807) is 28.7 Å². The summed E-state index contributed by atoms with van der Waals surface area (Å²) in [5, 5.41) is 87.4. The van der Waals surface area contributed by atoms with Crippen LogP contribution in [0.4, 0.5) is 10.1 Å². The molecule has 34 heteroatoms. The van der Waals surface area contributed by atoms with Crippen molar-refractivity contribution in [3.63, 3.8) is 0 Å². The van der Waals surface area contributed by atoms with E-state index in [1.807, 2.05) is 133 Å². The number of hydrogen-bond donors (Lipinski definition) is 11. The van der Waals surface area contributed by atoms with E-state index in [-0.39, 0.29) is 11.7 Å². The third-order valence-corrected chi connectivity index (χ3v) is 27.4. The number of amides is 1. The van der Waals surface area contributed by atoms with Crippen molar-refractivity contribution in [3.8, 4) is 112 Å². The highest BCUT2D eigenvalue weighted by Crippen LogP contribution is 2.42. The molecule has 0 aliphatic carbocycles. The standard InChI is InChI=1S/C22H15FN6O.C22H20N6O.C22H20N6S.C21H19N5O.C21H19N5S/c23-16-7-4-13(5-8-16)22(30)26-17-3-1-2-14(10-17)20-18-11-15(21-24-12-25-29-21)6-9-19(18)27-28-20;2*1-2-6-18-14(5-1)12-19(29-18)21-16-11-15(7-8-17(16)24-26-21)22-23-20(25-27-22)13-28-9-3-4-10-28;2*1-12(2)9-19-22-21(26-24-19)14-7-8-16-15(10-14)20(25-23-16)18-11-13-5-3-4-6-17(13)27-18/h1-12H,(H,26,30)(H,27,28)(H,24,25,29);2*1-2,5-8,11-12H,3-4,9-10,13H2,(H,24,26)(H,23,25,27);2*3-8,10-12H,9H2,1-2H3,(H,23,25)(H,22,24,26). The number of benzene rings is 11. The topological polar surface area (TPSA) is 413 Å². The molecule has 0 saturated carbocycles. The van der Waals surface area contributed by atoms with Crippen LogP contribution in [0.2, 0.25) is 0 Å². The second-order valence-electron chi connectivity index (χ2n) is 36.2. The average Bonchev–Trinajstić information content (AvgIpc) is 1.64. The molecule has 0 radical (unpaired) electrons.